The van der Waals surface area contributed by atoms with Crippen molar-refractivity contribution in [2.24, 2.45) is 0 Å². The van der Waals surface area contributed by atoms with E-state index in [1.54, 1.807) is 24.3 Å². The smallest absolute Gasteiger partial charge is 0.221 e. The SMILES string of the molecule is CCCCCCOCCOCCOCCOCCOCCOCCOCCOCCOCCOCCOc1ccc(NC(C)=O)cc1. The molecule has 0 saturated carbocycles. The standard InChI is InChI=1S/C34H61NO12/c1-3-4-5-6-11-37-12-13-38-14-15-39-16-17-40-18-19-41-20-21-42-22-23-43-24-25-44-26-27-45-28-29-46-30-31-47-34-9-7-33(8-10-34)35-32(2)36/h7-10H,3-6,11-31H2,1-2H3,(H,35,36). The third-order valence-electron chi connectivity index (χ3n) is 6.16. The summed E-state index contributed by atoms with van der Waals surface area (Å²) in [6.07, 6.45) is 4.89. The second kappa shape index (κ2) is 35.4. The number of unbranched alkanes of at least 4 members (excludes halogenated alkanes) is 3. The number of amides is 1. The first-order chi connectivity index (χ1) is 23.2. The molecule has 47 heavy (non-hydrogen) atoms. The Morgan fingerprint density at radius 3 is 1.09 bits per heavy atom. The fourth-order valence-electron chi connectivity index (χ4n) is 3.77. The Morgan fingerprint density at radius 2 is 0.766 bits per heavy atom. The predicted molar refractivity (Wildman–Crippen MR) is 179 cm³/mol. The quantitative estimate of drug-likeness (QED) is 0.103. The van der Waals surface area contributed by atoms with Gasteiger partial charge in [0.2, 0.25) is 5.91 Å². The van der Waals surface area contributed by atoms with Gasteiger partial charge in [-0.05, 0) is 30.7 Å². The maximum absolute atomic E-state index is 11.0. The molecule has 0 aliphatic carbocycles. The van der Waals surface area contributed by atoms with Gasteiger partial charge in [0.05, 0.1) is 126 Å². The number of anilines is 1. The molecule has 1 amide bonds. The van der Waals surface area contributed by atoms with Crippen molar-refractivity contribution in [2.45, 2.75) is 39.5 Å². The first-order valence-corrected chi connectivity index (χ1v) is 17.0. The lowest BCUT2D eigenvalue weighted by molar-refractivity contribution is -0.114. The van der Waals surface area contributed by atoms with Crippen LogP contribution in [0.3, 0.4) is 0 Å². The first kappa shape index (κ1) is 43.1. The molecule has 1 rings (SSSR count). The summed E-state index contributed by atoms with van der Waals surface area (Å²) < 4.78 is 60.5. The molecule has 0 spiro atoms. The van der Waals surface area contributed by atoms with Crippen molar-refractivity contribution in [1.29, 1.82) is 0 Å². The molecule has 0 heterocycles. The van der Waals surface area contributed by atoms with Crippen LogP contribution in [0.15, 0.2) is 24.3 Å². The van der Waals surface area contributed by atoms with E-state index in [1.807, 2.05) is 0 Å². The summed E-state index contributed by atoms with van der Waals surface area (Å²) in [6, 6.07) is 7.18. The van der Waals surface area contributed by atoms with Crippen molar-refractivity contribution in [2.75, 3.05) is 144 Å². The number of ether oxygens (including phenoxy) is 11. The number of carbonyl (C=O) groups is 1. The molecular weight excluding hydrogens is 614 g/mol. The minimum atomic E-state index is -0.106. The average molecular weight is 676 g/mol. The van der Waals surface area contributed by atoms with Gasteiger partial charge in [0.15, 0.2) is 0 Å². The van der Waals surface area contributed by atoms with E-state index >= 15 is 0 Å². The second-order valence-electron chi connectivity index (χ2n) is 10.2. The molecule has 0 fully saturated rings. The van der Waals surface area contributed by atoms with E-state index in [0.717, 1.165) is 24.5 Å². The van der Waals surface area contributed by atoms with Gasteiger partial charge in [0.25, 0.3) is 0 Å². The molecule has 0 aliphatic rings. The Morgan fingerprint density at radius 1 is 0.447 bits per heavy atom. The maximum Gasteiger partial charge on any atom is 0.221 e. The van der Waals surface area contributed by atoms with Crippen LogP contribution in [0.25, 0.3) is 0 Å². The van der Waals surface area contributed by atoms with E-state index in [9.17, 15) is 4.79 Å². The van der Waals surface area contributed by atoms with Gasteiger partial charge in [0.1, 0.15) is 12.4 Å². The molecule has 0 saturated heterocycles. The number of nitrogens with one attached hydrogen (secondary N) is 1. The van der Waals surface area contributed by atoms with Crippen molar-refractivity contribution >= 4 is 11.6 Å². The van der Waals surface area contributed by atoms with Crippen LogP contribution in [0.5, 0.6) is 5.75 Å². The largest absolute Gasteiger partial charge is 0.491 e. The molecule has 0 radical (unpaired) electrons. The summed E-state index contributed by atoms with van der Waals surface area (Å²) in [5, 5.41) is 2.71. The van der Waals surface area contributed by atoms with Crippen LogP contribution in [0.1, 0.15) is 39.5 Å². The van der Waals surface area contributed by atoms with Crippen molar-refractivity contribution in [3.05, 3.63) is 24.3 Å². The molecule has 0 bridgehead atoms. The van der Waals surface area contributed by atoms with Gasteiger partial charge in [-0.3, -0.25) is 4.79 Å². The molecule has 1 aromatic carbocycles. The van der Waals surface area contributed by atoms with Gasteiger partial charge in [-0.2, -0.15) is 0 Å². The van der Waals surface area contributed by atoms with Crippen molar-refractivity contribution in [3.63, 3.8) is 0 Å². The summed E-state index contributed by atoms with van der Waals surface area (Å²) in [4.78, 5) is 11.0. The third kappa shape index (κ3) is 32.4. The normalized spacial score (nSPS) is 11.3. The zero-order valence-electron chi connectivity index (χ0n) is 28.9. The van der Waals surface area contributed by atoms with E-state index in [2.05, 4.69) is 12.2 Å². The van der Waals surface area contributed by atoms with Crippen LogP contribution in [-0.4, -0.2) is 145 Å². The summed E-state index contributed by atoms with van der Waals surface area (Å²) in [7, 11) is 0. The number of carbonyl (C=O) groups excluding carboxylic acids is 1. The van der Waals surface area contributed by atoms with Crippen LogP contribution < -0.4 is 10.1 Å². The van der Waals surface area contributed by atoms with Crippen LogP contribution in [0.4, 0.5) is 5.69 Å². The van der Waals surface area contributed by atoms with Crippen molar-refractivity contribution in [3.8, 4) is 5.75 Å². The molecule has 1 aromatic rings. The zero-order valence-corrected chi connectivity index (χ0v) is 28.9. The summed E-state index contributed by atoms with van der Waals surface area (Å²) in [6.45, 7) is 14.8. The lowest BCUT2D eigenvalue weighted by Crippen LogP contribution is -2.15. The molecule has 13 nitrogen and oxygen atoms in total. The molecule has 0 aromatic heterocycles. The highest BCUT2D eigenvalue weighted by Gasteiger charge is 1.99. The molecule has 274 valence electrons. The summed E-state index contributed by atoms with van der Waals surface area (Å²) in [5.74, 6) is 0.612. The van der Waals surface area contributed by atoms with E-state index < -0.39 is 0 Å². The van der Waals surface area contributed by atoms with E-state index in [0.29, 0.717) is 132 Å². The molecule has 0 unspecified atom stereocenters. The van der Waals surface area contributed by atoms with Gasteiger partial charge in [-0.15, -0.1) is 0 Å². The topological polar surface area (TPSA) is 131 Å². The van der Waals surface area contributed by atoms with Gasteiger partial charge < -0.3 is 57.4 Å². The van der Waals surface area contributed by atoms with Gasteiger partial charge in [-0.1, -0.05) is 26.2 Å². The lowest BCUT2D eigenvalue weighted by atomic mass is 10.2. The van der Waals surface area contributed by atoms with E-state index in [4.69, 9.17) is 52.1 Å². The predicted octanol–water partition coefficient (Wildman–Crippen LogP) is 3.77. The average Bonchev–Trinajstić information content (AvgIpc) is 3.07. The second-order valence-corrected chi connectivity index (χ2v) is 10.2. The maximum atomic E-state index is 11.0. The van der Waals surface area contributed by atoms with Gasteiger partial charge >= 0.3 is 0 Å². The Bertz CT molecular complexity index is 787. The minimum absolute atomic E-state index is 0.106. The number of hydrogen-bond donors (Lipinski definition) is 1. The Kier molecular flexibility index (Phi) is 32.5. The van der Waals surface area contributed by atoms with Crippen LogP contribution in [0, 0.1) is 0 Å². The first-order valence-electron chi connectivity index (χ1n) is 17.0. The molecular formula is C34H61NO12. The summed E-state index contributed by atoms with van der Waals surface area (Å²) in [5.41, 5.74) is 0.733. The van der Waals surface area contributed by atoms with Crippen molar-refractivity contribution in [1.82, 2.24) is 0 Å². The number of hydrogen-bond acceptors (Lipinski definition) is 12. The highest BCUT2D eigenvalue weighted by Crippen LogP contribution is 2.15. The van der Waals surface area contributed by atoms with Crippen LogP contribution in [-0.2, 0) is 52.2 Å². The fourth-order valence-corrected chi connectivity index (χ4v) is 3.77. The zero-order chi connectivity index (χ0) is 33.7. The molecule has 13 heteroatoms. The monoisotopic (exact) mass is 675 g/mol. The van der Waals surface area contributed by atoms with Gasteiger partial charge in [0, 0.05) is 19.2 Å². The highest BCUT2D eigenvalue weighted by molar-refractivity contribution is 5.88. The number of benzene rings is 1. The number of rotatable bonds is 37. The molecule has 0 aliphatic heterocycles. The fraction of sp³-hybridized carbons (Fsp3) is 0.794. The van der Waals surface area contributed by atoms with E-state index in [1.165, 1.54) is 26.2 Å². The third-order valence-corrected chi connectivity index (χ3v) is 6.16. The Hall–Kier alpha value is -1.91. The Labute approximate surface area is 282 Å². The summed E-state index contributed by atoms with van der Waals surface area (Å²) >= 11 is 0. The van der Waals surface area contributed by atoms with Gasteiger partial charge in [-0.25, -0.2) is 0 Å². The van der Waals surface area contributed by atoms with Crippen molar-refractivity contribution < 1.29 is 56.9 Å². The molecule has 0 atom stereocenters. The van der Waals surface area contributed by atoms with E-state index in [-0.39, 0.29) is 5.91 Å². The molecule has 1 N–H and O–H groups in total. The van der Waals surface area contributed by atoms with Crippen LogP contribution in [0.2, 0.25) is 0 Å². The Balaban J connectivity index is 1.66. The highest BCUT2D eigenvalue weighted by atomic mass is 16.6. The lowest BCUT2D eigenvalue weighted by Gasteiger charge is -2.09. The van der Waals surface area contributed by atoms with Crippen LogP contribution >= 0.6 is 0 Å². The minimum Gasteiger partial charge on any atom is -0.491 e.